The molecule has 0 bridgehead atoms. The first-order valence-corrected chi connectivity index (χ1v) is 7.54. The zero-order valence-corrected chi connectivity index (χ0v) is 12.1. The average Bonchev–Trinajstić information content (AvgIpc) is 2.42. The van der Waals surface area contributed by atoms with Crippen LogP contribution in [-0.4, -0.2) is 25.4 Å². The Morgan fingerprint density at radius 1 is 1.10 bits per heavy atom. The van der Waals surface area contributed by atoms with Crippen LogP contribution in [0.3, 0.4) is 0 Å². The predicted molar refractivity (Wildman–Crippen MR) is 76.8 cm³/mol. The van der Waals surface area contributed by atoms with E-state index in [9.17, 15) is 8.42 Å². The van der Waals surface area contributed by atoms with Crippen LogP contribution in [0.4, 0.5) is 5.69 Å². The molecule has 2 heterocycles. The summed E-state index contributed by atoms with van der Waals surface area (Å²) in [5.41, 5.74) is 2.16. The fourth-order valence-corrected chi connectivity index (χ4v) is 2.59. The van der Waals surface area contributed by atoms with Gasteiger partial charge in [0, 0.05) is 18.4 Å². The van der Waals surface area contributed by atoms with E-state index in [1.807, 2.05) is 14.0 Å². The van der Waals surface area contributed by atoms with Crippen molar-refractivity contribution in [2.75, 3.05) is 11.8 Å². The van der Waals surface area contributed by atoms with Crippen LogP contribution in [0.25, 0.3) is 0 Å². The molecular weight excluding hydrogens is 276 g/mol. The second-order valence-corrected chi connectivity index (χ2v) is 5.96. The zero-order chi connectivity index (χ0) is 14.6. The van der Waals surface area contributed by atoms with Gasteiger partial charge < -0.3 is 5.32 Å². The number of sulfonamides is 1. The van der Waals surface area contributed by atoms with E-state index < -0.39 is 10.0 Å². The zero-order valence-electron chi connectivity index (χ0n) is 11.3. The van der Waals surface area contributed by atoms with E-state index >= 15 is 0 Å². The van der Waals surface area contributed by atoms with Gasteiger partial charge in [-0.1, -0.05) is 6.07 Å². The van der Waals surface area contributed by atoms with E-state index in [-0.39, 0.29) is 5.03 Å². The molecule has 2 rings (SSSR count). The average molecular weight is 292 g/mol. The monoisotopic (exact) mass is 292 g/mol. The molecule has 6 nitrogen and oxygen atoms in total. The maximum absolute atomic E-state index is 12.1. The molecular formula is C13H16N4O2S. The van der Waals surface area contributed by atoms with Crippen LogP contribution >= 0.6 is 0 Å². The third-order valence-electron chi connectivity index (χ3n) is 2.62. The normalized spacial score (nSPS) is 11.3. The molecule has 7 heteroatoms. The van der Waals surface area contributed by atoms with Gasteiger partial charge in [0.1, 0.15) is 0 Å². The lowest BCUT2D eigenvalue weighted by Crippen LogP contribution is -2.15. The number of hydrogen-bond acceptors (Lipinski definition) is 5. The van der Waals surface area contributed by atoms with Gasteiger partial charge in [-0.3, -0.25) is 9.71 Å². The summed E-state index contributed by atoms with van der Waals surface area (Å²) < 4.78 is 26.7. The van der Waals surface area contributed by atoms with E-state index in [1.54, 1.807) is 24.4 Å². The Balaban J connectivity index is 2.19. The highest BCUT2D eigenvalue weighted by atomic mass is 32.2. The quantitative estimate of drug-likeness (QED) is 0.868. The third kappa shape index (κ3) is 3.52. The van der Waals surface area contributed by atoms with Crippen LogP contribution < -0.4 is 10.0 Å². The predicted octanol–water partition coefficient (Wildman–Crippen LogP) is 1.31. The molecule has 0 aromatic carbocycles. The number of hydrogen-bond donors (Lipinski definition) is 2. The second-order valence-electron chi connectivity index (χ2n) is 4.33. The lowest BCUT2D eigenvalue weighted by Gasteiger charge is -2.08. The summed E-state index contributed by atoms with van der Waals surface area (Å²) in [5, 5.41) is 2.96. The van der Waals surface area contributed by atoms with Crippen LogP contribution in [-0.2, 0) is 16.6 Å². The van der Waals surface area contributed by atoms with Gasteiger partial charge in [0.15, 0.2) is 5.03 Å². The molecule has 0 fully saturated rings. The van der Waals surface area contributed by atoms with Gasteiger partial charge in [-0.05, 0) is 37.7 Å². The molecule has 0 amide bonds. The molecule has 0 aliphatic rings. The summed E-state index contributed by atoms with van der Waals surface area (Å²) in [6.45, 7) is 2.48. The van der Waals surface area contributed by atoms with E-state index in [0.29, 0.717) is 12.2 Å². The Morgan fingerprint density at radius 3 is 2.45 bits per heavy atom. The summed E-state index contributed by atoms with van der Waals surface area (Å²) >= 11 is 0. The second kappa shape index (κ2) is 5.98. The van der Waals surface area contributed by atoms with Crippen LogP contribution in [0.1, 0.15) is 11.3 Å². The number of pyridine rings is 2. The molecule has 0 unspecified atom stereocenters. The van der Waals surface area contributed by atoms with Crippen molar-refractivity contribution in [1.82, 2.24) is 15.3 Å². The first kappa shape index (κ1) is 14.4. The summed E-state index contributed by atoms with van der Waals surface area (Å²) in [6.07, 6.45) is 3.01. The van der Waals surface area contributed by atoms with Gasteiger partial charge in [0.2, 0.25) is 0 Å². The Labute approximate surface area is 118 Å². The standard InChI is InChI=1S/C13H16N4O2S/c1-10-3-5-12(9-15-10)17-20(18,19)13-6-4-11(7-14-2)8-16-13/h3-6,8-9,14,17H,7H2,1-2H3. The first-order valence-electron chi connectivity index (χ1n) is 6.06. The number of anilines is 1. The fourth-order valence-electron chi connectivity index (χ4n) is 1.61. The van der Waals surface area contributed by atoms with E-state index in [4.69, 9.17) is 0 Å². The Kier molecular flexibility index (Phi) is 4.31. The van der Waals surface area contributed by atoms with Gasteiger partial charge in [-0.15, -0.1) is 0 Å². The number of aromatic nitrogens is 2. The Morgan fingerprint density at radius 2 is 1.90 bits per heavy atom. The van der Waals surface area contributed by atoms with Crippen molar-refractivity contribution in [3.05, 3.63) is 47.9 Å². The van der Waals surface area contributed by atoms with Crippen LogP contribution in [0.2, 0.25) is 0 Å². The molecule has 0 atom stereocenters. The number of aryl methyl sites for hydroxylation is 1. The maximum atomic E-state index is 12.1. The van der Waals surface area contributed by atoms with Crippen molar-refractivity contribution in [2.24, 2.45) is 0 Å². The van der Waals surface area contributed by atoms with Gasteiger partial charge in [0.25, 0.3) is 10.0 Å². The topological polar surface area (TPSA) is 84.0 Å². The molecule has 106 valence electrons. The van der Waals surface area contributed by atoms with E-state index in [2.05, 4.69) is 20.0 Å². The smallest absolute Gasteiger partial charge is 0.279 e. The molecule has 2 aromatic rings. The van der Waals surface area contributed by atoms with Gasteiger partial charge in [-0.25, -0.2) is 4.98 Å². The lowest BCUT2D eigenvalue weighted by molar-refractivity contribution is 0.597. The molecule has 0 spiro atoms. The highest BCUT2D eigenvalue weighted by Crippen LogP contribution is 2.14. The SMILES string of the molecule is CNCc1ccc(S(=O)(=O)Nc2ccc(C)nc2)nc1. The van der Waals surface area contributed by atoms with Gasteiger partial charge in [0.05, 0.1) is 11.9 Å². The largest absolute Gasteiger partial charge is 0.316 e. The van der Waals surface area contributed by atoms with E-state index in [0.717, 1.165) is 11.3 Å². The minimum absolute atomic E-state index is 0.0158. The molecule has 0 saturated heterocycles. The van der Waals surface area contributed by atoms with Gasteiger partial charge in [-0.2, -0.15) is 8.42 Å². The van der Waals surface area contributed by atoms with Gasteiger partial charge >= 0.3 is 0 Å². The fraction of sp³-hybridized carbons (Fsp3) is 0.231. The number of nitrogens with zero attached hydrogens (tertiary/aromatic N) is 2. The van der Waals surface area contributed by atoms with Crippen LogP contribution in [0.5, 0.6) is 0 Å². The lowest BCUT2D eigenvalue weighted by atomic mass is 10.3. The maximum Gasteiger partial charge on any atom is 0.279 e. The van der Waals surface area contributed by atoms with Crippen molar-refractivity contribution in [2.45, 2.75) is 18.5 Å². The highest BCUT2D eigenvalue weighted by molar-refractivity contribution is 7.92. The minimum Gasteiger partial charge on any atom is -0.316 e. The van der Waals surface area contributed by atoms with Crippen molar-refractivity contribution in [3.8, 4) is 0 Å². The highest BCUT2D eigenvalue weighted by Gasteiger charge is 2.15. The summed E-state index contributed by atoms with van der Waals surface area (Å²) in [5.74, 6) is 0. The number of nitrogens with one attached hydrogen (secondary N) is 2. The summed E-state index contributed by atoms with van der Waals surface area (Å²) in [6, 6.07) is 6.61. The molecule has 0 aliphatic heterocycles. The molecule has 2 aromatic heterocycles. The summed E-state index contributed by atoms with van der Waals surface area (Å²) in [4.78, 5) is 8.01. The van der Waals surface area contributed by atoms with Crippen molar-refractivity contribution < 1.29 is 8.42 Å². The van der Waals surface area contributed by atoms with Crippen molar-refractivity contribution >= 4 is 15.7 Å². The third-order valence-corrected chi connectivity index (χ3v) is 3.91. The van der Waals surface area contributed by atoms with Crippen molar-refractivity contribution in [3.63, 3.8) is 0 Å². The molecule has 2 N–H and O–H groups in total. The van der Waals surface area contributed by atoms with Crippen LogP contribution in [0, 0.1) is 6.92 Å². The minimum atomic E-state index is -3.68. The summed E-state index contributed by atoms with van der Waals surface area (Å²) in [7, 11) is -1.86. The molecule has 0 saturated carbocycles. The molecule has 0 radical (unpaired) electrons. The van der Waals surface area contributed by atoms with Crippen molar-refractivity contribution in [1.29, 1.82) is 0 Å². The Hall–Kier alpha value is -1.99. The molecule has 20 heavy (non-hydrogen) atoms. The Bertz CT molecular complexity index is 667. The van der Waals surface area contributed by atoms with E-state index in [1.165, 1.54) is 12.3 Å². The van der Waals surface area contributed by atoms with Crippen LogP contribution in [0.15, 0.2) is 41.7 Å². The first-order chi connectivity index (χ1) is 9.51. The number of rotatable bonds is 5. The molecule has 0 aliphatic carbocycles.